The van der Waals surface area contributed by atoms with Gasteiger partial charge in [0.1, 0.15) is 0 Å². The fourth-order valence-electron chi connectivity index (χ4n) is 1.62. The first-order chi connectivity index (χ1) is 7.94. The van der Waals surface area contributed by atoms with E-state index in [-0.39, 0.29) is 11.5 Å². The molecule has 1 atom stereocenters. The lowest BCUT2D eigenvalue weighted by molar-refractivity contribution is 0.563. The third-order valence-corrected chi connectivity index (χ3v) is 2.50. The molecule has 1 aromatic rings. The molecule has 1 N–H and O–H groups in total. The zero-order valence-corrected chi connectivity index (χ0v) is 11.5. The number of pyridine rings is 1. The van der Waals surface area contributed by atoms with Gasteiger partial charge in [0.05, 0.1) is 11.7 Å². The van der Waals surface area contributed by atoms with Crippen molar-refractivity contribution >= 4 is 0 Å². The highest BCUT2D eigenvalue weighted by Gasteiger charge is 2.11. The first kappa shape index (κ1) is 13.7. The fourth-order valence-corrected chi connectivity index (χ4v) is 1.62. The Bertz CT molecular complexity index is 419. The van der Waals surface area contributed by atoms with E-state index < -0.39 is 0 Å². The van der Waals surface area contributed by atoms with Gasteiger partial charge >= 0.3 is 0 Å². The van der Waals surface area contributed by atoms with Gasteiger partial charge in [-0.25, -0.2) is 0 Å². The number of nitrogens with zero attached hydrogens (tertiary/aromatic N) is 1. The lowest BCUT2D eigenvalue weighted by atomic mass is 9.97. The summed E-state index contributed by atoms with van der Waals surface area (Å²) in [6.07, 6.45) is 2.63. The molecule has 1 heterocycles. The van der Waals surface area contributed by atoms with Crippen LogP contribution in [0.15, 0.2) is 18.3 Å². The summed E-state index contributed by atoms with van der Waals surface area (Å²) in [6, 6.07) is 4.27. The van der Waals surface area contributed by atoms with Gasteiger partial charge in [-0.15, -0.1) is 5.92 Å². The van der Waals surface area contributed by atoms with E-state index in [0.717, 1.165) is 12.1 Å². The number of nitrogens with one attached hydrogen (secondary N) is 1. The lowest BCUT2D eigenvalue weighted by Crippen LogP contribution is -2.18. The fraction of sp³-hybridized carbons (Fsp3) is 0.533. The normalized spacial score (nSPS) is 12.8. The van der Waals surface area contributed by atoms with Crippen molar-refractivity contribution in [1.82, 2.24) is 10.3 Å². The standard InChI is InChI=1S/C15H22N2/c1-12-8-7-11-17-14(12)13(16-5)9-6-10-15(2,3)4/h7-8,11,13,16H,9H2,1-5H3. The Labute approximate surface area is 105 Å². The Balaban J connectivity index is 2.79. The van der Waals surface area contributed by atoms with Gasteiger partial charge in [-0.3, -0.25) is 4.98 Å². The smallest absolute Gasteiger partial charge is 0.0611 e. The molecule has 0 saturated heterocycles. The van der Waals surface area contributed by atoms with Crippen LogP contribution in [0.1, 0.15) is 44.5 Å². The molecule has 0 aliphatic heterocycles. The molecule has 92 valence electrons. The SMILES string of the molecule is CNC(CC#CC(C)(C)C)c1ncccc1C. The van der Waals surface area contributed by atoms with E-state index in [1.165, 1.54) is 5.56 Å². The largest absolute Gasteiger partial charge is 0.311 e. The summed E-state index contributed by atoms with van der Waals surface area (Å²) in [5.41, 5.74) is 2.37. The molecule has 0 aliphatic carbocycles. The third-order valence-electron chi connectivity index (χ3n) is 2.50. The van der Waals surface area contributed by atoms with Crippen LogP contribution >= 0.6 is 0 Å². The van der Waals surface area contributed by atoms with E-state index in [0.29, 0.717) is 0 Å². The van der Waals surface area contributed by atoms with Gasteiger partial charge in [-0.05, 0) is 46.4 Å². The van der Waals surface area contributed by atoms with Crippen molar-refractivity contribution in [2.24, 2.45) is 5.41 Å². The summed E-state index contributed by atoms with van der Waals surface area (Å²) >= 11 is 0. The first-order valence-corrected chi connectivity index (χ1v) is 6.03. The van der Waals surface area contributed by atoms with Gasteiger partial charge in [-0.2, -0.15) is 0 Å². The topological polar surface area (TPSA) is 24.9 Å². The molecule has 0 saturated carbocycles. The molecule has 0 bridgehead atoms. The van der Waals surface area contributed by atoms with Crippen LogP contribution in [0.2, 0.25) is 0 Å². The molecule has 1 aromatic heterocycles. The Morgan fingerprint density at radius 1 is 1.41 bits per heavy atom. The monoisotopic (exact) mass is 230 g/mol. The highest BCUT2D eigenvalue weighted by molar-refractivity contribution is 5.23. The number of aromatic nitrogens is 1. The summed E-state index contributed by atoms with van der Waals surface area (Å²) in [5, 5.41) is 3.28. The van der Waals surface area contributed by atoms with Crippen LogP contribution in [0.4, 0.5) is 0 Å². The Morgan fingerprint density at radius 3 is 2.65 bits per heavy atom. The van der Waals surface area contributed by atoms with Crippen molar-refractivity contribution in [3.8, 4) is 11.8 Å². The average Bonchev–Trinajstić information content (AvgIpc) is 2.24. The molecule has 2 heteroatoms. The number of rotatable bonds is 3. The van der Waals surface area contributed by atoms with E-state index in [1.54, 1.807) is 0 Å². The van der Waals surface area contributed by atoms with E-state index in [2.05, 4.69) is 55.9 Å². The van der Waals surface area contributed by atoms with Crippen LogP contribution in [-0.2, 0) is 0 Å². The maximum Gasteiger partial charge on any atom is 0.0611 e. The zero-order valence-electron chi connectivity index (χ0n) is 11.5. The van der Waals surface area contributed by atoms with Gasteiger partial charge in [0.15, 0.2) is 0 Å². The third kappa shape index (κ3) is 4.58. The average molecular weight is 230 g/mol. The summed E-state index contributed by atoms with van der Waals surface area (Å²) in [7, 11) is 1.96. The van der Waals surface area contributed by atoms with E-state index >= 15 is 0 Å². The molecule has 17 heavy (non-hydrogen) atoms. The maximum absolute atomic E-state index is 4.43. The predicted molar refractivity (Wildman–Crippen MR) is 72.6 cm³/mol. The quantitative estimate of drug-likeness (QED) is 0.807. The summed E-state index contributed by atoms with van der Waals surface area (Å²) in [6.45, 7) is 8.46. The predicted octanol–water partition coefficient (Wildman–Crippen LogP) is 3.09. The molecular formula is C15H22N2. The minimum atomic E-state index is 0.0669. The van der Waals surface area contributed by atoms with Crippen LogP contribution in [-0.4, -0.2) is 12.0 Å². The van der Waals surface area contributed by atoms with Crippen LogP contribution in [0.3, 0.4) is 0 Å². The van der Waals surface area contributed by atoms with E-state index in [1.807, 2.05) is 19.3 Å². The highest BCUT2D eigenvalue weighted by Crippen LogP contribution is 2.17. The van der Waals surface area contributed by atoms with Crippen LogP contribution in [0.5, 0.6) is 0 Å². The molecule has 0 spiro atoms. The molecule has 2 nitrogen and oxygen atoms in total. The molecule has 0 aliphatic rings. The molecule has 0 fully saturated rings. The Hall–Kier alpha value is -1.33. The van der Waals surface area contributed by atoms with Crippen molar-refractivity contribution < 1.29 is 0 Å². The number of hydrogen-bond donors (Lipinski definition) is 1. The molecule has 0 amide bonds. The molecule has 0 aromatic carbocycles. The van der Waals surface area contributed by atoms with Crippen LogP contribution in [0.25, 0.3) is 0 Å². The summed E-state index contributed by atoms with van der Waals surface area (Å²) < 4.78 is 0. The van der Waals surface area contributed by atoms with E-state index in [9.17, 15) is 0 Å². The number of aryl methyl sites for hydroxylation is 1. The lowest BCUT2D eigenvalue weighted by Gasteiger charge is -2.15. The second-order valence-electron chi connectivity index (χ2n) is 5.30. The second kappa shape index (κ2) is 5.84. The molecule has 1 unspecified atom stereocenters. The van der Waals surface area contributed by atoms with E-state index in [4.69, 9.17) is 0 Å². The maximum atomic E-state index is 4.43. The molecule has 1 rings (SSSR count). The molecule has 0 radical (unpaired) electrons. The van der Waals surface area contributed by atoms with Crippen molar-refractivity contribution in [3.05, 3.63) is 29.6 Å². The van der Waals surface area contributed by atoms with Crippen molar-refractivity contribution in [2.45, 2.75) is 40.2 Å². The summed E-state index contributed by atoms with van der Waals surface area (Å²) in [5.74, 6) is 6.51. The number of hydrogen-bond acceptors (Lipinski definition) is 2. The Kier molecular flexibility index (Phi) is 4.72. The van der Waals surface area contributed by atoms with Gasteiger partial charge in [-0.1, -0.05) is 12.0 Å². The first-order valence-electron chi connectivity index (χ1n) is 6.03. The van der Waals surface area contributed by atoms with Gasteiger partial charge in [0, 0.05) is 18.0 Å². The van der Waals surface area contributed by atoms with Crippen LogP contribution in [0, 0.1) is 24.2 Å². The van der Waals surface area contributed by atoms with Gasteiger partial charge in [0.25, 0.3) is 0 Å². The Morgan fingerprint density at radius 2 is 2.12 bits per heavy atom. The van der Waals surface area contributed by atoms with Crippen molar-refractivity contribution in [1.29, 1.82) is 0 Å². The second-order valence-corrected chi connectivity index (χ2v) is 5.30. The highest BCUT2D eigenvalue weighted by atomic mass is 14.9. The summed E-state index contributed by atoms with van der Waals surface area (Å²) in [4.78, 5) is 4.43. The van der Waals surface area contributed by atoms with Crippen molar-refractivity contribution in [2.75, 3.05) is 7.05 Å². The van der Waals surface area contributed by atoms with Crippen molar-refractivity contribution in [3.63, 3.8) is 0 Å². The van der Waals surface area contributed by atoms with Gasteiger partial charge in [0.2, 0.25) is 0 Å². The van der Waals surface area contributed by atoms with Gasteiger partial charge < -0.3 is 5.32 Å². The minimum Gasteiger partial charge on any atom is -0.311 e. The van der Waals surface area contributed by atoms with Crippen LogP contribution < -0.4 is 5.32 Å². The molecular weight excluding hydrogens is 208 g/mol. The minimum absolute atomic E-state index is 0.0669. The zero-order chi connectivity index (χ0) is 12.9.